The van der Waals surface area contributed by atoms with Gasteiger partial charge in [-0.2, -0.15) is 4.31 Å². The van der Waals surface area contributed by atoms with Gasteiger partial charge in [0, 0.05) is 34.6 Å². The number of thiophene rings is 1. The zero-order valence-corrected chi connectivity index (χ0v) is 25.9. The van der Waals surface area contributed by atoms with Crippen LogP contribution >= 0.6 is 11.3 Å². The molecule has 0 atom stereocenters. The monoisotopic (exact) mass is 577 g/mol. The van der Waals surface area contributed by atoms with Crippen molar-refractivity contribution in [1.29, 1.82) is 0 Å². The Morgan fingerprint density at radius 2 is 1.62 bits per heavy atom. The maximum absolute atomic E-state index is 13.3. The lowest BCUT2D eigenvalue weighted by atomic mass is 9.81. The van der Waals surface area contributed by atoms with Crippen LogP contribution in [0.4, 0.5) is 5.00 Å². The van der Waals surface area contributed by atoms with E-state index in [0.717, 1.165) is 36.1 Å². The Hall–Kier alpha value is -2.27. The van der Waals surface area contributed by atoms with Gasteiger partial charge in [-0.1, -0.05) is 26.7 Å². The van der Waals surface area contributed by atoms with Crippen molar-refractivity contribution < 1.29 is 22.7 Å². The highest BCUT2D eigenvalue weighted by Crippen LogP contribution is 2.45. The fourth-order valence-electron chi connectivity index (χ4n) is 5.16. The number of amides is 1. The molecule has 0 saturated heterocycles. The second-order valence-electron chi connectivity index (χ2n) is 11.2. The minimum absolute atomic E-state index is 0.167. The van der Waals surface area contributed by atoms with Crippen LogP contribution in [-0.2, 0) is 26.7 Å². The van der Waals surface area contributed by atoms with Crippen LogP contribution in [0.3, 0.4) is 0 Å². The third-order valence-corrected chi connectivity index (χ3v) is 10.2. The summed E-state index contributed by atoms with van der Waals surface area (Å²) in [6.07, 6.45) is 4.01. The molecule has 10 heteroatoms. The lowest BCUT2D eigenvalue weighted by molar-refractivity contribution is 0.0525. The third kappa shape index (κ3) is 7.09. The van der Waals surface area contributed by atoms with Crippen molar-refractivity contribution in [3.05, 3.63) is 45.8 Å². The number of unbranched alkanes of at least 4 members (excludes halogenated alkanes) is 2. The van der Waals surface area contributed by atoms with E-state index in [0.29, 0.717) is 35.6 Å². The Balaban J connectivity index is 1.91. The van der Waals surface area contributed by atoms with Gasteiger partial charge in [0.15, 0.2) is 0 Å². The number of carbonyl (C=O) groups is 2. The zero-order valence-electron chi connectivity index (χ0n) is 24.3. The van der Waals surface area contributed by atoms with Crippen molar-refractivity contribution in [1.82, 2.24) is 9.62 Å². The summed E-state index contributed by atoms with van der Waals surface area (Å²) < 4.78 is 33.5. The quantitative estimate of drug-likeness (QED) is 0.303. The highest BCUT2D eigenvalue weighted by Gasteiger charge is 2.42. The molecule has 8 nitrogen and oxygen atoms in total. The normalized spacial score (nSPS) is 16.1. The third-order valence-electron chi connectivity index (χ3n) is 6.83. The van der Waals surface area contributed by atoms with Crippen molar-refractivity contribution in [3.8, 4) is 0 Å². The summed E-state index contributed by atoms with van der Waals surface area (Å²) in [7, 11) is -3.66. The van der Waals surface area contributed by atoms with Gasteiger partial charge >= 0.3 is 5.97 Å². The molecule has 1 aliphatic rings. The predicted octanol–water partition coefficient (Wildman–Crippen LogP) is 5.93. The van der Waals surface area contributed by atoms with E-state index >= 15 is 0 Å². The van der Waals surface area contributed by atoms with E-state index in [-0.39, 0.29) is 17.0 Å². The minimum atomic E-state index is -3.66. The summed E-state index contributed by atoms with van der Waals surface area (Å²) in [6.45, 7) is 15.3. The molecule has 0 spiro atoms. The Morgan fingerprint density at radius 1 is 1.03 bits per heavy atom. The van der Waals surface area contributed by atoms with Crippen molar-refractivity contribution in [2.75, 3.05) is 25.0 Å². The first-order chi connectivity index (χ1) is 18.3. The number of benzene rings is 1. The summed E-state index contributed by atoms with van der Waals surface area (Å²) in [5.74, 6) is -0.874. The van der Waals surface area contributed by atoms with Crippen molar-refractivity contribution >= 4 is 38.2 Å². The molecule has 1 aromatic heterocycles. The Morgan fingerprint density at radius 3 is 2.15 bits per heavy atom. The van der Waals surface area contributed by atoms with Gasteiger partial charge in [-0.3, -0.25) is 4.79 Å². The van der Waals surface area contributed by atoms with Gasteiger partial charge in [-0.05, 0) is 83.7 Å². The van der Waals surface area contributed by atoms with Crippen LogP contribution in [0.25, 0.3) is 0 Å². The molecule has 2 N–H and O–H groups in total. The average molecular weight is 578 g/mol. The lowest BCUT2D eigenvalue weighted by Crippen LogP contribution is -2.55. The van der Waals surface area contributed by atoms with E-state index in [9.17, 15) is 18.0 Å². The Labute approximate surface area is 237 Å². The molecule has 0 fully saturated rings. The molecule has 0 saturated carbocycles. The number of fused-ring (bicyclic) bond motifs is 1. The molecule has 0 bridgehead atoms. The molecule has 1 aliphatic heterocycles. The average Bonchev–Trinajstić information content (AvgIpc) is 3.21. The standard InChI is InChI=1S/C29H43N3O5S2/c1-8-11-17-32(18-12-9-2)39(35,36)21-15-13-20(14-16-21)25(33)30-26-23(27(34)37-10-3)22-19-28(4,5)31-29(6,7)24(22)38-26/h13-16,31H,8-12,17-19H2,1-7H3,(H,30,33). The zero-order chi connectivity index (χ0) is 29.0. The maximum Gasteiger partial charge on any atom is 0.341 e. The molecule has 3 rings (SSSR count). The number of nitrogens with one attached hydrogen (secondary N) is 2. The highest BCUT2D eigenvalue weighted by atomic mass is 32.2. The van der Waals surface area contributed by atoms with E-state index < -0.39 is 27.4 Å². The van der Waals surface area contributed by atoms with Crippen LogP contribution in [0.2, 0.25) is 0 Å². The molecular weight excluding hydrogens is 534 g/mol. The minimum Gasteiger partial charge on any atom is -0.462 e. The number of nitrogens with zero attached hydrogens (tertiary/aromatic N) is 1. The van der Waals surface area contributed by atoms with Crippen LogP contribution in [0.15, 0.2) is 29.2 Å². The molecule has 0 aliphatic carbocycles. The summed E-state index contributed by atoms with van der Waals surface area (Å²) in [6, 6.07) is 6.01. The first-order valence-corrected chi connectivity index (χ1v) is 16.1. The van der Waals surface area contributed by atoms with Crippen LogP contribution in [0.1, 0.15) is 105 Å². The molecule has 216 valence electrons. The van der Waals surface area contributed by atoms with E-state index in [1.54, 1.807) is 6.92 Å². The fraction of sp³-hybridized carbons (Fsp3) is 0.586. The van der Waals surface area contributed by atoms with Crippen molar-refractivity contribution in [3.63, 3.8) is 0 Å². The molecule has 2 heterocycles. The van der Waals surface area contributed by atoms with E-state index in [2.05, 4.69) is 38.3 Å². The molecule has 1 aromatic carbocycles. The van der Waals surface area contributed by atoms with Gasteiger partial charge in [-0.15, -0.1) is 11.3 Å². The van der Waals surface area contributed by atoms with Crippen molar-refractivity contribution in [2.45, 2.75) is 96.5 Å². The second kappa shape index (κ2) is 12.5. The van der Waals surface area contributed by atoms with Gasteiger partial charge in [0.05, 0.1) is 17.1 Å². The highest BCUT2D eigenvalue weighted by molar-refractivity contribution is 7.89. The van der Waals surface area contributed by atoms with E-state index in [4.69, 9.17) is 4.74 Å². The molecular formula is C29H43N3O5S2. The largest absolute Gasteiger partial charge is 0.462 e. The lowest BCUT2D eigenvalue weighted by Gasteiger charge is -2.42. The Bertz CT molecular complexity index is 1270. The second-order valence-corrected chi connectivity index (χ2v) is 14.2. The fourth-order valence-corrected chi connectivity index (χ4v) is 7.94. The van der Waals surface area contributed by atoms with Gasteiger partial charge in [0.25, 0.3) is 5.91 Å². The number of anilines is 1. The van der Waals surface area contributed by atoms with E-state index in [1.165, 1.54) is 39.9 Å². The Kier molecular flexibility index (Phi) is 10.0. The smallest absolute Gasteiger partial charge is 0.341 e. The van der Waals surface area contributed by atoms with Crippen LogP contribution in [0, 0.1) is 0 Å². The summed E-state index contributed by atoms with van der Waals surface area (Å²) in [4.78, 5) is 27.5. The molecule has 39 heavy (non-hydrogen) atoms. The maximum atomic E-state index is 13.3. The number of hydrogen-bond acceptors (Lipinski definition) is 7. The van der Waals surface area contributed by atoms with E-state index in [1.807, 2.05) is 13.8 Å². The number of hydrogen-bond donors (Lipinski definition) is 2. The first kappa shape index (κ1) is 31.3. The van der Waals surface area contributed by atoms with Gasteiger partial charge in [-0.25, -0.2) is 13.2 Å². The number of esters is 1. The van der Waals surface area contributed by atoms with Gasteiger partial charge in [0.2, 0.25) is 10.0 Å². The molecule has 2 aromatic rings. The summed E-state index contributed by atoms with van der Waals surface area (Å²) in [5, 5.41) is 6.98. The number of ether oxygens (including phenoxy) is 1. The van der Waals surface area contributed by atoms with Gasteiger partial charge in [0.1, 0.15) is 5.00 Å². The number of rotatable bonds is 12. The predicted molar refractivity (Wildman–Crippen MR) is 157 cm³/mol. The molecule has 1 amide bonds. The van der Waals surface area contributed by atoms with Gasteiger partial charge < -0.3 is 15.4 Å². The van der Waals surface area contributed by atoms with Crippen molar-refractivity contribution in [2.24, 2.45) is 0 Å². The topological polar surface area (TPSA) is 105 Å². The molecule has 0 radical (unpaired) electrons. The van der Waals surface area contributed by atoms with Crippen LogP contribution in [-0.4, -0.2) is 49.8 Å². The SMILES string of the molecule is CCCCN(CCCC)S(=O)(=O)c1ccc(C(=O)Nc2sc3c(c2C(=O)OCC)CC(C)(C)NC3(C)C)cc1. The van der Waals surface area contributed by atoms with Crippen LogP contribution in [0.5, 0.6) is 0 Å². The number of carbonyl (C=O) groups excluding carboxylic acids is 2. The summed E-state index contributed by atoms with van der Waals surface area (Å²) in [5.41, 5.74) is 0.951. The number of sulfonamides is 1. The molecule has 0 unspecified atom stereocenters. The first-order valence-electron chi connectivity index (χ1n) is 13.8. The van der Waals surface area contributed by atoms with Crippen LogP contribution < -0.4 is 10.6 Å². The summed E-state index contributed by atoms with van der Waals surface area (Å²) >= 11 is 1.38.